The van der Waals surface area contributed by atoms with Crippen molar-refractivity contribution in [2.45, 2.75) is 6.30 Å². The van der Waals surface area contributed by atoms with Crippen LogP contribution >= 0.6 is 0 Å². The molecule has 2 nitrogen and oxygen atoms in total. The molecule has 0 aromatic heterocycles. The van der Waals surface area contributed by atoms with Gasteiger partial charge in [0.15, 0.2) is 0 Å². The monoisotopic (exact) mass is 122 g/mol. The topological polar surface area (TPSA) is 21.3 Å². The molecule has 1 N–H and O–H groups in total. The molecule has 47 valence electrons. The molecule has 1 atom stereocenters. The van der Waals surface area contributed by atoms with Gasteiger partial charge in [-0.15, -0.1) is 0 Å². The van der Waals surface area contributed by atoms with Gasteiger partial charge in [-0.25, -0.2) is 8.78 Å². The lowest BCUT2D eigenvalue weighted by atomic mass is 10.5. The summed E-state index contributed by atoms with van der Waals surface area (Å²) < 4.78 is 28.0. The van der Waals surface area contributed by atoms with Crippen molar-refractivity contribution < 1.29 is 13.5 Å². The first-order chi connectivity index (χ1) is 3.80. The molecule has 1 radical (unpaired) electrons. The Balaban J connectivity index is 2.28. The van der Waals surface area contributed by atoms with E-state index in [2.05, 4.69) is 10.1 Å². The molecule has 0 spiro atoms. The zero-order chi connectivity index (χ0) is 5.98. The predicted octanol–water partition coefficient (Wildman–Crippen LogP) is 0.361. The molecule has 1 rings (SSSR count). The maximum absolute atomic E-state index is 11.9. The fraction of sp³-hybridized carbons (Fsp3) is 0.750. The Kier molecular flexibility index (Phi) is 1.75. The van der Waals surface area contributed by atoms with Crippen molar-refractivity contribution in [3.05, 3.63) is 6.36 Å². The number of hydrogen-bond acceptors (Lipinski definition) is 2. The van der Waals surface area contributed by atoms with Crippen LogP contribution in [-0.4, -0.2) is 19.4 Å². The Bertz CT molecular complexity index is 70.4. The number of rotatable bonds is 0. The molecule has 0 amide bonds. The third-order valence-electron chi connectivity index (χ3n) is 0.865. The molecule has 8 heavy (non-hydrogen) atoms. The highest BCUT2D eigenvalue weighted by atomic mass is 19.2. The fourth-order valence-electron chi connectivity index (χ4n) is 0.488. The van der Waals surface area contributed by atoms with Gasteiger partial charge in [-0.05, 0) is 0 Å². The van der Waals surface area contributed by atoms with Crippen LogP contribution in [0.15, 0.2) is 0 Å². The summed E-state index contributed by atoms with van der Waals surface area (Å²) in [7, 11) is 0. The van der Waals surface area contributed by atoms with Gasteiger partial charge >= 0.3 is 6.36 Å². The van der Waals surface area contributed by atoms with E-state index >= 15 is 0 Å². The highest BCUT2D eigenvalue weighted by Gasteiger charge is 2.26. The van der Waals surface area contributed by atoms with E-state index in [0.29, 0.717) is 6.54 Å². The second kappa shape index (κ2) is 2.37. The standard InChI is InChI=1S/C4H6F2NO/c5-3-4(6)8-2-1-7-3/h3,7H,1-2H2. The zero-order valence-corrected chi connectivity index (χ0v) is 4.16. The van der Waals surface area contributed by atoms with E-state index in [4.69, 9.17) is 0 Å². The van der Waals surface area contributed by atoms with Gasteiger partial charge in [0, 0.05) is 6.54 Å². The van der Waals surface area contributed by atoms with Gasteiger partial charge in [0.05, 0.1) is 6.61 Å². The Morgan fingerprint density at radius 1 is 1.75 bits per heavy atom. The van der Waals surface area contributed by atoms with Gasteiger partial charge in [0.1, 0.15) is 0 Å². The van der Waals surface area contributed by atoms with E-state index in [1.54, 1.807) is 0 Å². The number of nitrogens with one attached hydrogen (secondary N) is 1. The summed E-state index contributed by atoms with van der Waals surface area (Å²) >= 11 is 0. The molecule has 1 unspecified atom stereocenters. The average Bonchev–Trinajstić information content (AvgIpc) is 1.77. The van der Waals surface area contributed by atoms with E-state index in [1.807, 2.05) is 0 Å². The van der Waals surface area contributed by atoms with Crippen molar-refractivity contribution in [2.24, 2.45) is 0 Å². The molecular formula is C4H6F2NO. The molecule has 1 aliphatic heterocycles. The molecule has 1 saturated heterocycles. The van der Waals surface area contributed by atoms with Crippen molar-refractivity contribution in [3.63, 3.8) is 0 Å². The van der Waals surface area contributed by atoms with E-state index in [9.17, 15) is 8.78 Å². The van der Waals surface area contributed by atoms with Gasteiger partial charge in [-0.2, -0.15) is 0 Å². The third kappa shape index (κ3) is 1.14. The van der Waals surface area contributed by atoms with Crippen LogP contribution in [0.3, 0.4) is 0 Å². The summed E-state index contributed by atoms with van der Waals surface area (Å²) in [6.07, 6.45) is -2.78. The highest BCUT2D eigenvalue weighted by molar-refractivity contribution is 4.77. The predicted molar refractivity (Wildman–Crippen MR) is 23.2 cm³/mol. The van der Waals surface area contributed by atoms with Crippen molar-refractivity contribution >= 4 is 0 Å². The summed E-state index contributed by atoms with van der Waals surface area (Å²) in [6, 6.07) is 0. The zero-order valence-electron chi connectivity index (χ0n) is 4.16. The molecule has 0 bridgehead atoms. The molecule has 1 aliphatic rings. The molecule has 0 saturated carbocycles. The Morgan fingerprint density at radius 2 is 2.50 bits per heavy atom. The number of morpholine rings is 1. The molecule has 1 heterocycles. The average molecular weight is 122 g/mol. The summed E-state index contributed by atoms with van der Waals surface area (Å²) in [5.41, 5.74) is 0. The summed E-state index contributed by atoms with van der Waals surface area (Å²) in [6.45, 7) is 0.584. The van der Waals surface area contributed by atoms with E-state index in [1.165, 1.54) is 0 Å². The molecular weight excluding hydrogens is 116 g/mol. The fourth-order valence-corrected chi connectivity index (χ4v) is 0.488. The first-order valence-electron chi connectivity index (χ1n) is 2.33. The van der Waals surface area contributed by atoms with Gasteiger partial charge < -0.3 is 4.74 Å². The van der Waals surface area contributed by atoms with Gasteiger partial charge in [-0.3, -0.25) is 5.32 Å². The highest BCUT2D eigenvalue weighted by Crippen LogP contribution is 2.13. The smallest absolute Gasteiger partial charge is 0.318 e. The third-order valence-corrected chi connectivity index (χ3v) is 0.865. The molecule has 4 heteroatoms. The second-order valence-corrected chi connectivity index (χ2v) is 1.47. The van der Waals surface area contributed by atoms with Crippen molar-refractivity contribution in [3.8, 4) is 0 Å². The van der Waals surface area contributed by atoms with Crippen molar-refractivity contribution in [1.29, 1.82) is 0 Å². The Morgan fingerprint density at radius 3 is 2.88 bits per heavy atom. The quantitative estimate of drug-likeness (QED) is 0.468. The molecule has 0 aromatic carbocycles. The number of ether oxygens (including phenoxy) is 1. The Labute approximate surface area is 45.8 Å². The SMILES string of the molecule is F[C]1OCCNC1F. The minimum atomic E-state index is -1.72. The normalized spacial score (nSPS) is 33.0. The summed E-state index contributed by atoms with van der Waals surface area (Å²) in [4.78, 5) is 0. The van der Waals surface area contributed by atoms with Crippen LogP contribution in [0.25, 0.3) is 0 Å². The number of alkyl halides is 1. The van der Waals surface area contributed by atoms with Gasteiger partial charge in [-0.1, -0.05) is 0 Å². The van der Waals surface area contributed by atoms with E-state index < -0.39 is 12.7 Å². The van der Waals surface area contributed by atoms with Crippen LogP contribution in [0.5, 0.6) is 0 Å². The van der Waals surface area contributed by atoms with Crippen LogP contribution in [0.1, 0.15) is 0 Å². The second-order valence-electron chi connectivity index (χ2n) is 1.47. The maximum atomic E-state index is 11.9. The van der Waals surface area contributed by atoms with Gasteiger partial charge in [0.25, 0.3) is 0 Å². The first kappa shape index (κ1) is 5.91. The summed E-state index contributed by atoms with van der Waals surface area (Å²) in [5, 5.41) is 2.23. The largest absolute Gasteiger partial charge is 0.337 e. The lowest BCUT2D eigenvalue weighted by molar-refractivity contribution is -0.0305. The lowest BCUT2D eigenvalue weighted by Crippen LogP contribution is -2.38. The summed E-state index contributed by atoms with van der Waals surface area (Å²) in [5.74, 6) is 0. The van der Waals surface area contributed by atoms with Crippen LogP contribution in [0.2, 0.25) is 0 Å². The van der Waals surface area contributed by atoms with Crippen LogP contribution in [-0.2, 0) is 4.74 Å². The van der Waals surface area contributed by atoms with Crippen LogP contribution in [0.4, 0.5) is 8.78 Å². The van der Waals surface area contributed by atoms with Crippen molar-refractivity contribution in [1.82, 2.24) is 5.32 Å². The van der Waals surface area contributed by atoms with Crippen LogP contribution < -0.4 is 5.32 Å². The van der Waals surface area contributed by atoms with Gasteiger partial charge in [0.2, 0.25) is 6.30 Å². The van der Waals surface area contributed by atoms with Crippen LogP contribution in [0, 0.1) is 6.36 Å². The lowest BCUT2D eigenvalue weighted by Gasteiger charge is -2.18. The minimum absolute atomic E-state index is 0.215. The molecule has 0 aliphatic carbocycles. The minimum Gasteiger partial charge on any atom is -0.337 e. The van der Waals surface area contributed by atoms with E-state index in [-0.39, 0.29) is 6.61 Å². The Hall–Kier alpha value is -0.220. The maximum Gasteiger partial charge on any atom is 0.318 e. The number of halogens is 2. The van der Waals surface area contributed by atoms with Crippen molar-refractivity contribution in [2.75, 3.05) is 13.2 Å². The molecule has 0 aromatic rings. The first-order valence-corrected chi connectivity index (χ1v) is 2.33. The van der Waals surface area contributed by atoms with E-state index in [0.717, 1.165) is 0 Å². The number of hydrogen-bond donors (Lipinski definition) is 1. The molecule has 1 fully saturated rings.